The zero-order valence-corrected chi connectivity index (χ0v) is 13.1. The quantitative estimate of drug-likeness (QED) is 0.491. The van der Waals surface area contributed by atoms with Gasteiger partial charge in [-0.1, -0.05) is 12.1 Å². The van der Waals surface area contributed by atoms with E-state index in [-0.39, 0.29) is 23.7 Å². The van der Waals surface area contributed by atoms with E-state index in [1.165, 1.54) is 43.7 Å². The predicted molar refractivity (Wildman–Crippen MR) is 87.0 cm³/mol. The predicted octanol–water partition coefficient (Wildman–Crippen LogP) is 3.00. The zero-order chi connectivity index (χ0) is 18.2. The average molecular weight is 347 g/mol. The molecule has 8 nitrogen and oxygen atoms in total. The lowest BCUT2D eigenvalue weighted by atomic mass is 10.2. The van der Waals surface area contributed by atoms with Gasteiger partial charge in [0.25, 0.3) is 5.69 Å². The van der Waals surface area contributed by atoms with Crippen molar-refractivity contribution < 1.29 is 23.6 Å². The molecular weight excluding hydrogens is 333 g/mol. The highest BCUT2D eigenvalue weighted by Crippen LogP contribution is 2.23. The van der Waals surface area contributed by atoms with Crippen molar-refractivity contribution in [3.63, 3.8) is 0 Å². The van der Waals surface area contributed by atoms with Gasteiger partial charge in [-0.25, -0.2) is 14.6 Å². The van der Waals surface area contributed by atoms with Crippen molar-refractivity contribution in [1.29, 1.82) is 0 Å². The standard InChI is InChI=1S/C16H14FN3O5/c1-24-16(21)19-18-9-12-8-14(20(22)23)6-7-15(12)25-10-11-2-4-13(17)5-3-11/h2-9H,10H2,1H3,(H,19,21)/b18-9+. The molecule has 0 aliphatic carbocycles. The summed E-state index contributed by atoms with van der Waals surface area (Å²) in [5, 5.41) is 14.5. The van der Waals surface area contributed by atoms with Gasteiger partial charge >= 0.3 is 6.09 Å². The lowest BCUT2D eigenvalue weighted by molar-refractivity contribution is -0.384. The zero-order valence-electron chi connectivity index (χ0n) is 13.1. The van der Waals surface area contributed by atoms with Crippen LogP contribution in [0.25, 0.3) is 0 Å². The molecule has 0 atom stereocenters. The van der Waals surface area contributed by atoms with E-state index in [0.29, 0.717) is 5.75 Å². The van der Waals surface area contributed by atoms with Crippen molar-refractivity contribution >= 4 is 18.0 Å². The SMILES string of the molecule is COC(=O)N/N=C/c1cc([N+](=O)[O-])ccc1OCc1ccc(F)cc1. The number of methoxy groups -OCH3 is 1. The summed E-state index contributed by atoms with van der Waals surface area (Å²) < 4.78 is 22.9. The molecule has 0 spiro atoms. The highest BCUT2D eigenvalue weighted by Gasteiger charge is 2.11. The normalized spacial score (nSPS) is 10.5. The molecule has 0 aromatic heterocycles. The molecule has 0 fully saturated rings. The van der Waals surface area contributed by atoms with Crippen LogP contribution in [0.15, 0.2) is 47.6 Å². The van der Waals surface area contributed by atoms with Crippen LogP contribution < -0.4 is 10.2 Å². The first-order valence-electron chi connectivity index (χ1n) is 7.02. The van der Waals surface area contributed by atoms with Crippen LogP contribution in [0.1, 0.15) is 11.1 Å². The Morgan fingerprint density at radius 3 is 2.68 bits per heavy atom. The van der Waals surface area contributed by atoms with E-state index in [1.807, 2.05) is 0 Å². The summed E-state index contributed by atoms with van der Waals surface area (Å²) in [5.74, 6) is -0.0499. The summed E-state index contributed by atoms with van der Waals surface area (Å²) >= 11 is 0. The van der Waals surface area contributed by atoms with Gasteiger partial charge in [-0.05, 0) is 23.8 Å². The van der Waals surface area contributed by atoms with Crippen molar-refractivity contribution in [3.8, 4) is 5.75 Å². The molecule has 0 unspecified atom stereocenters. The molecule has 0 saturated carbocycles. The van der Waals surface area contributed by atoms with Gasteiger partial charge in [-0.3, -0.25) is 10.1 Å². The first-order chi connectivity index (χ1) is 12.0. The number of non-ortho nitro benzene ring substituents is 1. The Labute approximate surface area is 142 Å². The molecule has 0 aliphatic heterocycles. The highest BCUT2D eigenvalue weighted by atomic mass is 19.1. The van der Waals surface area contributed by atoms with Crippen molar-refractivity contribution in [2.75, 3.05) is 7.11 Å². The van der Waals surface area contributed by atoms with E-state index >= 15 is 0 Å². The van der Waals surface area contributed by atoms with Gasteiger partial charge in [-0.2, -0.15) is 5.10 Å². The topological polar surface area (TPSA) is 103 Å². The number of hydrogen-bond acceptors (Lipinski definition) is 6. The van der Waals surface area contributed by atoms with Crippen molar-refractivity contribution in [2.45, 2.75) is 6.61 Å². The monoisotopic (exact) mass is 347 g/mol. The number of rotatable bonds is 6. The molecule has 0 saturated heterocycles. The molecule has 2 aromatic carbocycles. The fourth-order valence-corrected chi connectivity index (χ4v) is 1.82. The van der Waals surface area contributed by atoms with Crippen LogP contribution >= 0.6 is 0 Å². The second-order valence-electron chi connectivity index (χ2n) is 4.76. The fourth-order valence-electron chi connectivity index (χ4n) is 1.82. The maximum Gasteiger partial charge on any atom is 0.427 e. The number of amides is 1. The molecular formula is C16H14FN3O5. The Bertz CT molecular complexity index is 793. The molecule has 1 amide bonds. The molecule has 25 heavy (non-hydrogen) atoms. The van der Waals surface area contributed by atoms with E-state index in [9.17, 15) is 19.3 Å². The minimum absolute atomic E-state index is 0.128. The smallest absolute Gasteiger partial charge is 0.427 e. The lowest BCUT2D eigenvalue weighted by Crippen LogP contribution is -2.16. The molecule has 1 N–H and O–H groups in total. The average Bonchev–Trinajstić information content (AvgIpc) is 2.61. The Kier molecular flexibility index (Phi) is 5.99. The van der Waals surface area contributed by atoms with Crippen LogP contribution in [-0.4, -0.2) is 24.3 Å². The minimum atomic E-state index is -0.782. The van der Waals surface area contributed by atoms with E-state index in [1.54, 1.807) is 12.1 Å². The van der Waals surface area contributed by atoms with Gasteiger partial charge in [0.2, 0.25) is 0 Å². The van der Waals surface area contributed by atoms with Gasteiger partial charge in [0.1, 0.15) is 18.2 Å². The summed E-state index contributed by atoms with van der Waals surface area (Å²) in [5.41, 5.74) is 2.92. The molecule has 0 bridgehead atoms. The first-order valence-corrected chi connectivity index (χ1v) is 7.02. The van der Waals surface area contributed by atoms with E-state index in [0.717, 1.165) is 5.56 Å². The van der Waals surface area contributed by atoms with Gasteiger partial charge in [0.15, 0.2) is 0 Å². The number of hydrogen-bond donors (Lipinski definition) is 1. The van der Waals surface area contributed by atoms with Crippen LogP contribution in [0.5, 0.6) is 5.75 Å². The van der Waals surface area contributed by atoms with Crippen LogP contribution in [0.2, 0.25) is 0 Å². The van der Waals surface area contributed by atoms with Crippen LogP contribution in [0.4, 0.5) is 14.9 Å². The lowest BCUT2D eigenvalue weighted by Gasteiger charge is -2.09. The number of nitrogens with one attached hydrogen (secondary N) is 1. The van der Waals surface area contributed by atoms with Crippen molar-refractivity contribution in [2.24, 2.45) is 5.10 Å². The maximum absolute atomic E-state index is 12.9. The number of benzene rings is 2. The maximum atomic E-state index is 12.9. The molecule has 9 heteroatoms. The number of halogens is 1. The third-order valence-corrected chi connectivity index (χ3v) is 3.06. The Morgan fingerprint density at radius 2 is 2.04 bits per heavy atom. The molecule has 0 radical (unpaired) electrons. The molecule has 0 aliphatic rings. The summed E-state index contributed by atoms with van der Waals surface area (Å²) in [6.07, 6.45) is 0.416. The molecule has 2 aromatic rings. The van der Waals surface area contributed by atoms with Gasteiger partial charge in [0.05, 0.1) is 18.2 Å². The van der Waals surface area contributed by atoms with Crippen LogP contribution in [0.3, 0.4) is 0 Å². The number of nitro benzene ring substituents is 1. The summed E-state index contributed by atoms with van der Waals surface area (Å²) in [6.45, 7) is 0.128. The number of carbonyl (C=O) groups excluding carboxylic acids is 1. The Hall–Kier alpha value is -3.49. The number of carbonyl (C=O) groups is 1. The van der Waals surface area contributed by atoms with Gasteiger partial charge in [0, 0.05) is 17.7 Å². The van der Waals surface area contributed by atoms with E-state index in [2.05, 4.69) is 15.3 Å². The number of nitrogens with zero attached hydrogens (tertiary/aromatic N) is 2. The Morgan fingerprint density at radius 1 is 1.32 bits per heavy atom. The number of nitro groups is 1. The molecule has 0 heterocycles. The first kappa shape index (κ1) is 17.9. The summed E-state index contributed by atoms with van der Waals surface area (Å²) in [6, 6.07) is 9.68. The highest BCUT2D eigenvalue weighted by molar-refractivity contribution is 5.85. The number of hydrazone groups is 1. The van der Waals surface area contributed by atoms with Gasteiger partial charge < -0.3 is 9.47 Å². The summed E-state index contributed by atoms with van der Waals surface area (Å²) in [7, 11) is 1.18. The van der Waals surface area contributed by atoms with Gasteiger partial charge in [-0.15, -0.1) is 0 Å². The van der Waals surface area contributed by atoms with Crippen LogP contribution in [0, 0.1) is 15.9 Å². The van der Waals surface area contributed by atoms with E-state index < -0.39 is 11.0 Å². The van der Waals surface area contributed by atoms with Crippen molar-refractivity contribution in [3.05, 3.63) is 69.5 Å². The van der Waals surface area contributed by atoms with Crippen molar-refractivity contribution in [1.82, 2.24) is 5.43 Å². The fraction of sp³-hybridized carbons (Fsp3) is 0.125. The molecule has 2 rings (SSSR count). The molecule has 130 valence electrons. The minimum Gasteiger partial charge on any atom is -0.488 e. The summed E-state index contributed by atoms with van der Waals surface area (Å²) in [4.78, 5) is 21.3. The largest absolute Gasteiger partial charge is 0.488 e. The second-order valence-corrected chi connectivity index (χ2v) is 4.76. The Balaban J connectivity index is 2.18. The third-order valence-electron chi connectivity index (χ3n) is 3.06. The third kappa shape index (κ3) is 5.27. The van der Waals surface area contributed by atoms with E-state index in [4.69, 9.17) is 4.74 Å². The second kappa shape index (κ2) is 8.39. The number of ether oxygens (including phenoxy) is 2. The van der Waals surface area contributed by atoms with Crippen LogP contribution in [-0.2, 0) is 11.3 Å².